The number of nitrogens with zero attached hydrogens (tertiary/aromatic N) is 3. The first-order chi connectivity index (χ1) is 20.9. The van der Waals surface area contributed by atoms with Crippen LogP contribution in [0, 0.1) is 0 Å². The van der Waals surface area contributed by atoms with Crippen LogP contribution in [0.5, 0.6) is 0 Å². The van der Waals surface area contributed by atoms with E-state index in [-0.39, 0.29) is 12.8 Å². The molecule has 1 unspecified atom stereocenters. The fraction of sp³-hybridized carbons (Fsp3) is 0.448. The summed E-state index contributed by atoms with van der Waals surface area (Å²) in [6.07, 6.45) is -14.1. The minimum Gasteiger partial charge on any atom is -0.444 e. The van der Waals surface area contributed by atoms with Crippen molar-refractivity contribution in [3.63, 3.8) is 0 Å². The standard InChI is InChI=1S/C29H28F6N4O6/c1-26(2,3)45-25(42)36-19-13-18(28(30,31)32)21-20(41)12-8-7-11-17(40)14-27(29(33,34)35,43-15-16-9-5-4-6-10-16)24-39-38-23(44-24)22(19)37-21/h4-6,9-10,13H,7-8,11-12,14-15H2,1-3H3,(H,36,42). The Bertz CT molecular complexity index is 1570. The average Bonchev–Trinajstić information content (AvgIpc) is 3.41. The van der Waals surface area contributed by atoms with Gasteiger partial charge in [0.05, 0.1) is 24.3 Å². The summed E-state index contributed by atoms with van der Waals surface area (Å²) in [4.78, 5) is 42.2. The summed E-state index contributed by atoms with van der Waals surface area (Å²) in [6, 6.07) is 8.15. The van der Waals surface area contributed by atoms with Crippen molar-refractivity contribution in [2.75, 3.05) is 5.32 Å². The average molecular weight is 643 g/mol. The van der Waals surface area contributed by atoms with Crippen LogP contribution in [0.2, 0.25) is 0 Å². The molecule has 1 atom stereocenters. The maximum Gasteiger partial charge on any atom is 0.427 e. The van der Waals surface area contributed by atoms with Gasteiger partial charge in [0.25, 0.3) is 11.8 Å². The first kappa shape index (κ1) is 33.6. The molecule has 2 aromatic heterocycles. The molecule has 0 saturated carbocycles. The van der Waals surface area contributed by atoms with E-state index in [1.807, 2.05) is 0 Å². The highest BCUT2D eigenvalue weighted by molar-refractivity contribution is 5.98. The summed E-state index contributed by atoms with van der Waals surface area (Å²) in [7, 11) is 0. The normalized spacial score (nSPS) is 18.3. The number of Topliss-reactive ketones (excluding diaryl/α,β-unsaturated/α-hetero) is 2. The summed E-state index contributed by atoms with van der Waals surface area (Å²) in [5, 5.41) is 9.14. The minimum atomic E-state index is -5.30. The van der Waals surface area contributed by atoms with Gasteiger partial charge in [0.1, 0.15) is 17.1 Å². The number of ketones is 2. The van der Waals surface area contributed by atoms with E-state index in [4.69, 9.17) is 13.9 Å². The van der Waals surface area contributed by atoms with E-state index in [0.717, 1.165) is 0 Å². The lowest BCUT2D eigenvalue weighted by Gasteiger charge is -2.32. The fourth-order valence-electron chi connectivity index (χ4n) is 4.46. The highest BCUT2D eigenvalue weighted by atomic mass is 19.4. The van der Waals surface area contributed by atoms with Gasteiger partial charge in [-0.25, -0.2) is 9.78 Å². The third-order valence-electron chi connectivity index (χ3n) is 6.54. The van der Waals surface area contributed by atoms with Crippen molar-refractivity contribution in [2.24, 2.45) is 0 Å². The van der Waals surface area contributed by atoms with E-state index >= 15 is 0 Å². The van der Waals surface area contributed by atoms with Crippen molar-refractivity contribution >= 4 is 23.3 Å². The maximum absolute atomic E-state index is 14.9. The zero-order chi connectivity index (χ0) is 33.2. The van der Waals surface area contributed by atoms with Crippen molar-refractivity contribution in [2.45, 2.75) is 83.0 Å². The summed E-state index contributed by atoms with van der Waals surface area (Å²) in [5.74, 6) is -4.11. The Hall–Kier alpha value is -4.34. The van der Waals surface area contributed by atoms with Crippen LogP contribution in [-0.4, -0.2) is 44.6 Å². The van der Waals surface area contributed by atoms with Crippen molar-refractivity contribution in [3.8, 4) is 11.6 Å². The van der Waals surface area contributed by atoms with Crippen molar-refractivity contribution < 1.29 is 54.6 Å². The van der Waals surface area contributed by atoms with Crippen molar-refractivity contribution in [1.29, 1.82) is 0 Å². The molecule has 16 heteroatoms. The van der Waals surface area contributed by atoms with Crippen LogP contribution in [-0.2, 0) is 32.7 Å². The first-order valence-corrected chi connectivity index (χ1v) is 13.7. The third kappa shape index (κ3) is 7.85. The Morgan fingerprint density at radius 3 is 2.27 bits per heavy atom. The molecule has 3 aromatic rings. The Morgan fingerprint density at radius 1 is 0.978 bits per heavy atom. The van der Waals surface area contributed by atoms with Crippen LogP contribution >= 0.6 is 0 Å². The molecule has 1 aliphatic rings. The Morgan fingerprint density at radius 2 is 1.64 bits per heavy atom. The zero-order valence-electron chi connectivity index (χ0n) is 24.3. The van der Waals surface area contributed by atoms with Gasteiger partial charge < -0.3 is 13.9 Å². The number of carbonyl (C=O) groups excluding carboxylic acids is 3. The SMILES string of the molecule is CC(C)(C)OC(=O)Nc1cc(C(F)(F)F)c2nc1-c1nnc(o1)C(OCc1ccccc1)(C(F)(F)F)CC(=O)CCCCC2=O. The largest absolute Gasteiger partial charge is 0.444 e. The smallest absolute Gasteiger partial charge is 0.427 e. The summed E-state index contributed by atoms with van der Waals surface area (Å²) >= 11 is 0. The summed E-state index contributed by atoms with van der Waals surface area (Å²) in [6.45, 7) is 3.82. The zero-order valence-corrected chi connectivity index (χ0v) is 24.3. The quantitative estimate of drug-likeness (QED) is 0.294. The second-order valence-corrected chi connectivity index (χ2v) is 11.3. The van der Waals surface area contributed by atoms with Gasteiger partial charge in [0, 0.05) is 12.8 Å². The number of benzene rings is 1. The topological polar surface area (TPSA) is 134 Å². The number of carbonyl (C=O) groups is 3. The molecular formula is C29H28F6N4O6. The second-order valence-electron chi connectivity index (χ2n) is 11.3. The molecule has 1 aromatic carbocycles. The molecule has 1 aliphatic heterocycles. The molecule has 242 valence electrons. The number of hydrogen-bond donors (Lipinski definition) is 1. The van der Waals surface area contributed by atoms with E-state index in [1.54, 1.807) is 18.2 Å². The Balaban J connectivity index is 1.93. The van der Waals surface area contributed by atoms with Crippen LogP contribution in [0.15, 0.2) is 40.8 Å². The van der Waals surface area contributed by atoms with Crippen LogP contribution in [0.25, 0.3) is 11.6 Å². The number of nitrogens with one attached hydrogen (secondary N) is 1. The number of aromatic nitrogens is 3. The van der Waals surface area contributed by atoms with Gasteiger partial charge in [-0.3, -0.25) is 14.9 Å². The van der Waals surface area contributed by atoms with Crippen LogP contribution < -0.4 is 5.32 Å². The Kier molecular flexibility index (Phi) is 9.37. The molecule has 4 bridgehead atoms. The highest BCUT2D eigenvalue weighted by Gasteiger charge is 2.62. The number of fused-ring (bicyclic) bond motifs is 5. The first-order valence-electron chi connectivity index (χ1n) is 13.7. The molecule has 0 saturated heterocycles. The number of rotatable bonds is 4. The van der Waals surface area contributed by atoms with Gasteiger partial charge in [-0.1, -0.05) is 30.3 Å². The predicted octanol–water partition coefficient (Wildman–Crippen LogP) is 7.19. The van der Waals surface area contributed by atoms with E-state index in [0.29, 0.717) is 11.6 Å². The molecule has 45 heavy (non-hydrogen) atoms. The number of ether oxygens (including phenoxy) is 2. The third-order valence-corrected chi connectivity index (χ3v) is 6.54. The summed E-state index contributed by atoms with van der Waals surface area (Å²) < 4.78 is 103. The number of alkyl halides is 6. The monoisotopic (exact) mass is 642 g/mol. The van der Waals surface area contributed by atoms with Gasteiger partial charge in [-0.15, -0.1) is 10.2 Å². The molecular weight excluding hydrogens is 614 g/mol. The lowest BCUT2D eigenvalue weighted by Crippen LogP contribution is -2.47. The lowest BCUT2D eigenvalue weighted by atomic mass is 9.92. The molecule has 1 amide bonds. The minimum absolute atomic E-state index is 0.112. The van der Waals surface area contributed by atoms with Gasteiger partial charge in [-0.2, -0.15) is 26.3 Å². The molecule has 1 N–H and O–H groups in total. The molecule has 10 nitrogen and oxygen atoms in total. The maximum atomic E-state index is 14.9. The molecule has 4 rings (SSSR count). The van der Waals surface area contributed by atoms with Gasteiger partial charge >= 0.3 is 18.4 Å². The van der Waals surface area contributed by atoms with Crippen LogP contribution in [0.1, 0.15) is 80.4 Å². The van der Waals surface area contributed by atoms with E-state index in [1.165, 1.54) is 32.9 Å². The second kappa shape index (κ2) is 12.6. The molecule has 0 fully saturated rings. The number of halogens is 6. The van der Waals surface area contributed by atoms with E-state index < -0.39 is 102 Å². The molecule has 0 radical (unpaired) electrons. The number of amides is 1. The fourth-order valence-corrected chi connectivity index (χ4v) is 4.46. The van der Waals surface area contributed by atoms with Crippen LogP contribution in [0.3, 0.4) is 0 Å². The van der Waals surface area contributed by atoms with Gasteiger partial charge in [0.15, 0.2) is 11.5 Å². The summed E-state index contributed by atoms with van der Waals surface area (Å²) in [5.41, 5.74) is -8.32. The van der Waals surface area contributed by atoms with Crippen molar-refractivity contribution in [1.82, 2.24) is 15.2 Å². The molecule has 0 spiro atoms. The number of hydrogen-bond acceptors (Lipinski definition) is 9. The lowest BCUT2D eigenvalue weighted by molar-refractivity contribution is -0.297. The van der Waals surface area contributed by atoms with E-state index in [2.05, 4.69) is 20.5 Å². The van der Waals surface area contributed by atoms with Crippen molar-refractivity contribution in [3.05, 3.63) is 59.1 Å². The molecule has 3 heterocycles. The highest BCUT2D eigenvalue weighted by Crippen LogP contribution is 2.47. The molecule has 0 aliphatic carbocycles. The van der Waals surface area contributed by atoms with Gasteiger partial charge in [-0.05, 0) is 45.2 Å². The van der Waals surface area contributed by atoms with E-state index in [9.17, 15) is 40.7 Å². The van der Waals surface area contributed by atoms with Crippen LogP contribution in [0.4, 0.5) is 36.8 Å². The number of pyridine rings is 1. The van der Waals surface area contributed by atoms with Gasteiger partial charge in [0.2, 0.25) is 5.60 Å². The Labute approximate surface area is 252 Å². The number of anilines is 1. The predicted molar refractivity (Wildman–Crippen MR) is 144 cm³/mol.